The van der Waals surface area contributed by atoms with Crippen molar-refractivity contribution >= 4 is 17.7 Å². The highest BCUT2D eigenvalue weighted by Crippen LogP contribution is 2.36. The molecule has 4 aliphatic heterocycles. The molecule has 0 radical (unpaired) electrons. The Labute approximate surface area is 205 Å². The Bertz CT molecular complexity index is 1060. The minimum absolute atomic E-state index is 0.148. The summed E-state index contributed by atoms with van der Waals surface area (Å²) in [5.74, 6) is 0.651. The molecular weight excluding hydrogens is 446 g/mol. The van der Waals surface area contributed by atoms with Gasteiger partial charge < -0.3 is 14.4 Å². The van der Waals surface area contributed by atoms with Crippen molar-refractivity contribution in [2.75, 3.05) is 26.3 Å². The van der Waals surface area contributed by atoms with E-state index in [1.807, 2.05) is 18.2 Å². The molecule has 0 spiro atoms. The van der Waals surface area contributed by atoms with Crippen LogP contribution in [0.3, 0.4) is 0 Å². The highest BCUT2D eigenvalue weighted by molar-refractivity contribution is 6.05. The second kappa shape index (κ2) is 9.39. The molecule has 1 aromatic rings. The van der Waals surface area contributed by atoms with E-state index in [9.17, 15) is 14.4 Å². The summed E-state index contributed by atoms with van der Waals surface area (Å²) in [5, 5.41) is 2.36. The number of piperidine rings is 1. The molecule has 4 heterocycles. The molecule has 6 rings (SSSR count). The van der Waals surface area contributed by atoms with Crippen LogP contribution in [0.15, 0.2) is 29.8 Å². The van der Waals surface area contributed by atoms with E-state index < -0.39 is 6.04 Å². The molecule has 0 aromatic heterocycles. The molecule has 2 saturated heterocycles. The number of fused-ring (bicyclic) bond motifs is 1. The average Bonchev–Trinajstić information content (AvgIpc) is 3.15. The minimum Gasteiger partial charge on any atom is -0.489 e. The number of hydrogen-bond donors (Lipinski definition) is 1. The van der Waals surface area contributed by atoms with Crippen molar-refractivity contribution in [2.45, 2.75) is 69.7 Å². The Hall–Kier alpha value is -2.71. The summed E-state index contributed by atoms with van der Waals surface area (Å²) in [6.07, 6.45) is 8.73. The van der Waals surface area contributed by atoms with Gasteiger partial charge in [-0.3, -0.25) is 24.6 Å². The lowest BCUT2D eigenvalue weighted by molar-refractivity contribution is -0.136. The van der Waals surface area contributed by atoms with Crippen molar-refractivity contribution in [3.05, 3.63) is 41.0 Å². The van der Waals surface area contributed by atoms with Gasteiger partial charge in [-0.05, 0) is 55.9 Å². The zero-order valence-electron chi connectivity index (χ0n) is 20.0. The minimum atomic E-state index is -0.593. The largest absolute Gasteiger partial charge is 0.489 e. The van der Waals surface area contributed by atoms with E-state index in [4.69, 9.17) is 9.47 Å². The van der Waals surface area contributed by atoms with Gasteiger partial charge in [0, 0.05) is 43.6 Å². The first-order chi connectivity index (χ1) is 17.1. The summed E-state index contributed by atoms with van der Waals surface area (Å²) in [5.41, 5.74) is 3.07. The summed E-state index contributed by atoms with van der Waals surface area (Å²) in [6.45, 7) is 4.19. The number of hydrogen-bond acceptors (Lipinski definition) is 6. The predicted molar refractivity (Wildman–Crippen MR) is 128 cm³/mol. The summed E-state index contributed by atoms with van der Waals surface area (Å²) < 4.78 is 12.0. The van der Waals surface area contributed by atoms with Gasteiger partial charge in [-0.25, -0.2) is 0 Å². The average molecular weight is 480 g/mol. The van der Waals surface area contributed by atoms with Crippen LogP contribution in [-0.2, 0) is 20.9 Å². The molecule has 1 unspecified atom stereocenters. The van der Waals surface area contributed by atoms with E-state index in [0.717, 1.165) is 56.9 Å². The van der Waals surface area contributed by atoms with Gasteiger partial charge in [-0.15, -0.1) is 0 Å². The van der Waals surface area contributed by atoms with E-state index in [1.165, 1.54) is 12.8 Å². The lowest BCUT2D eigenvalue weighted by Gasteiger charge is -2.49. The fourth-order valence-electron chi connectivity index (χ4n) is 6.36. The van der Waals surface area contributed by atoms with E-state index >= 15 is 0 Å². The third-order valence-electron chi connectivity index (χ3n) is 8.35. The highest BCUT2D eigenvalue weighted by atomic mass is 16.5. The number of amides is 3. The first-order valence-electron chi connectivity index (χ1n) is 13.0. The van der Waals surface area contributed by atoms with Crippen molar-refractivity contribution in [2.24, 2.45) is 5.92 Å². The quantitative estimate of drug-likeness (QED) is 0.516. The maximum atomic E-state index is 13.0. The van der Waals surface area contributed by atoms with Crippen LogP contribution < -0.4 is 10.1 Å². The van der Waals surface area contributed by atoms with Crippen molar-refractivity contribution in [3.63, 3.8) is 0 Å². The van der Waals surface area contributed by atoms with Gasteiger partial charge in [0.15, 0.2) is 0 Å². The predicted octanol–water partition coefficient (Wildman–Crippen LogP) is 2.42. The van der Waals surface area contributed by atoms with E-state index in [1.54, 1.807) is 10.5 Å². The van der Waals surface area contributed by atoms with Crippen LogP contribution in [0.1, 0.15) is 60.9 Å². The molecule has 5 aliphatic rings. The van der Waals surface area contributed by atoms with Gasteiger partial charge in [-0.2, -0.15) is 0 Å². The number of imide groups is 1. The molecular formula is C27H33N3O5. The van der Waals surface area contributed by atoms with Crippen LogP contribution in [-0.4, -0.2) is 72.0 Å². The molecule has 1 aliphatic carbocycles. The fourth-order valence-corrected chi connectivity index (χ4v) is 6.36. The van der Waals surface area contributed by atoms with Crippen molar-refractivity contribution < 1.29 is 23.9 Å². The fraction of sp³-hybridized carbons (Fsp3) is 0.593. The maximum Gasteiger partial charge on any atom is 0.255 e. The van der Waals surface area contributed by atoms with E-state index in [2.05, 4.69) is 16.3 Å². The van der Waals surface area contributed by atoms with Gasteiger partial charge in [0.1, 0.15) is 17.9 Å². The first kappa shape index (κ1) is 22.7. The van der Waals surface area contributed by atoms with Gasteiger partial charge in [-0.1, -0.05) is 18.1 Å². The van der Waals surface area contributed by atoms with Crippen LogP contribution in [0.25, 0.3) is 0 Å². The molecule has 1 N–H and O–H groups in total. The monoisotopic (exact) mass is 479 g/mol. The lowest BCUT2D eigenvalue weighted by Crippen LogP contribution is -2.58. The number of benzene rings is 1. The lowest BCUT2D eigenvalue weighted by atomic mass is 9.83. The van der Waals surface area contributed by atoms with Gasteiger partial charge >= 0.3 is 0 Å². The zero-order valence-corrected chi connectivity index (χ0v) is 20.0. The highest BCUT2D eigenvalue weighted by Gasteiger charge is 2.41. The third-order valence-corrected chi connectivity index (χ3v) is 8.35. The number of likely N-dealkylation sites (tertiary alicyclic amines) is 1. The summed E-state index contributed by atoms with van der Waals surface area (Å²) in [7, 11) is 0. The molecule has 8 nitrogen and oxygen atoms in total. The zero-order chi connectivity index (χ0) is 23.9. The van der Waals surface area contributed by atoms with Gasteiger partial charge in [0.25, 0.3) is 5.91 Å². The molecule has 1 saturated carbocycles. The summed E-state index contributed by atoms with van der Waals surface area (Å²) in [4.78, 5) is 41.0. The van der Waals surface area contributed by atoms with Crippen molar-refractivity contribution in [1.82, 2.24) is 15.1 Å². The number of nitrogens with one attached hydrogen (secondary N) is 1. The second-order valence-corrected chi connectivity index (χ2v) is 10.5. The second-order valence-electron chi connectivity index (χ2n) is 10.5. The van der Waals surface area contributed by atoms with Gasteiger partial charge in [0.2, 0.25) is 11.8 Å². The number of nitrogens with zero attached hydrogens (tertiary/aromatic N) is 2. The van der Waals surface area contributed by atoms with Crippen LogP contribution >= 0.6 is 0 Å². The number of carbonyl (C=O) groups excluding carboxylic acids is 3. The van der Waals surface area contributed by atoms with Crippen molar-refractivity contribution in [1.29, 1.82) is 0 Å². The topological polar surface area (TPSA) is 88.2 Å². The van der Waals surface area contributed by atoms with Crippen LogP contribution in [0.4, 0.5) is 0 Å². The number of carbonyl (C=O) groups is 3. The Morgan fingerprint density at radius 2 is 1.89 bits per heavy atom. The molecule has 0 bridgehead atoms. The number of ether oxygens (including phenoxy) is 2. The molecule has 8 heteroatoms. The van der Waals surface area contributed by atoms with Crippen LogP contribution in [0, 0.1) is 5.92 Å². The van der Waals surface area contributed by atoms with Crippen molar-refractivity contribution in [3.8, 4) is 5.75 Å². The Kier molecular flexibility index (Phi) is 6.10. The maximum absolute atomic E-state index is 13.0. The van der Waals surface area contributed by atoms with Crippen LogP contribution in [0.2, 0.25) is 0 Å². The molecule has 35 heavy (non-hydrogen) atoms. The Morgan fingerprint density at radius 1 is 1.03 bits per heavy atom. The number of rotatable bonds is 5. The first-order valence-corrected chi connectivity index (χ1v) is 13.0. The standard InChI is InChI=1S/C27H33N3O5/c31-25-8-7-23(26(32)28-25)30-16-18-13-20(5-6-21(18)27(30)33)35-24-4-2-1-3-22(24)29-14-19(15-29)17-9-11-34-12-10-17/h5-6,9,13,19,22-24H,1-4,7-8,10-12,14-16H2,(H,28,31,32)/t22-,23?,24-/m1/s1. The molecule has 3 atom stereocenters. The van der Waals surface area contributed by atoms with Gasteiger partial charge in [0.05, 0.1) is 13.2 Å². The molecule has 186 valence electrons. The van der Waals surface area contributed by atoms with Crippen LogP contribution in [0.5, 0.6) is 5.75 Å². The van der Waals surface area contributed by atoms with E-state index in [-0.39, 0.29) is 30.2 Å². The smallest absolute Gasteiger partial charge is 0.255 e. The molecule has 3 amide bonds. The molecule has 1 aromatic carbocycles. The Morgan fingerprint density at radius 3 is 2.69 bits per heavy atom. The summed E-state index contributed by atoms with van der Waals surface area (Å²) in [6, 6.07) is 5.52. The summed E-state index contributed by atoms with van der Waals surface area (Å²) >= 11 is 0. The third kappa shape index (κ3) is 4.38. The normalized spacial score (nSPS) is 29.9. The SMILES string of the molecule is O=C1CCC(N2Cc3cc(O[C@@H]4CCCC[C@H]4N4CC(C5=CCOCC5)C4)ccc3C2=O)C(=O)N1. The van der Waals surface area contributed by atoms with E-state index in [0.29, 0.717) is 30.5 Å². The molecule has 3 fully saturated rings. The Balaban J connectivity index is 1.11.